The number of carbonyl (C=O) groups excluding carboxylic acids is 1. The Hall–Kier alpha value is -2.04. The number of rotatable bonds is 6. The SMILES string of the molecule is CCNC(=NCc1ccccc1C)NCC1(C(=O)N(C)C)CCCC1. The first kappa shape index (κ1) is 19.3. The molecule has 0 aromatic heterocycles. The average Bonchev–Trinajstić information content (AvgIpc) is 3.08. The van der Waals surface area contributed by atoms with Gasteiger partial charge >= 0.3 is 0 Å². The first-order valence-corrected chi connectivity index (χ1v) is 9.27. The van der Waals surface area contributed by atoms with Gasteiger partial charge in [-0.3, -0.25) is 4.79 Å². The molecule has 0 unspecified atom stereocenters. The Morgan fingerprint density at radius 1 is 1.20 bits per heavy atom. The van der Waals surface area contributed by atoms with Crippen LogP contribution in [-0.4, -0.2) is 44.0 Å². The molecule has 2 rings (SSSR count). The van der Waals surface area contributed by atoms with Crippen LogP contribution in [0.15, 0.2) is 29.3 Å². The molecule has 5 heteroatoms. The molecule has 25 heavy (non-hydrogen) atoms. The van der Waals surface area contributed by atoms with Crippen molar-refractivity contribution in [2.45, 2.75) is 46.1 Å². The first-order valence-electron chi connectivity index (χ1n) is 9.27. The van der Waals surface area contributed by atoms with Crippen LogP contribution >= 0.6 is 0 Å². The van der Waals surface area contributed by atoms with Gasteiger partial charge in [0.05, 0.1) is 12.0 Å². The van der Waals surface area contributed by atoms with Gasteiger partial charge in [-0.05, 0) is 37.8 Å². The summed E-state index contributed by atoms with van der Waals surface area (Å²) in [6.45, 7) is 6.24. The number of amides is 1. The third-order valence-electron chi connectivity index (χ3n) is 5.03. The van der Waals surface area contributed by atoms with Crippen molar-refractivity contribution in [2.24, 2.45) is 10.4 Å². The van der Waals surface area contributed by atoms with E-state index in [1.54, 1.807) is 4.90 Å². The zero-order chi connectivity index (χ0) is 18.3. The molecule has 5 nitrogen and oxygen atoms in total. The van der Waals surface area contributed by atoms with Gasteiger partial charge in [0.2, 0.25) is 5.91 Å². The highest BCUT2D eigenvalue weighted by atomic mass is 16.2. The zero-order valence-electron chi connectivity index (χ0n) is 16.1. The molecule has 0 spiro atoms. The van der Waals surface area contributed by atoms with Gasteiger partial charge in [-0.25, -0.2) is 4.99 Å². The summed E-state index contributed by atoms with van der Waals surface area (Å²) in [7, 11) is 3.69. The minimum atomic E-state index is -0.289. The van der Waals surface area contributed by atoms with Crippen LogP contribution in [-0.2, 0) is 11.3 Å². The second-order valence-corrected chi connectivity index (χ2v) is 7.16. The Balaban J connectivity index is 2.06. The smallest absolute Gasteiger partial charge is 0.230 e. The summed E-state index contributed by atoms with van der Waals surface area (Å²) < 4.78 is 0. The quantitative estimate of drug-likeness (QED) is 0.616. The van der Waals surface area contributed by atoms with Crippen LogP contribution in [0, 0.1) is 12.3 Å². The van der Waals surface area contributed by atoms with Crippen LogP contribution < -0.4 is 10.6 Å². The summed E-state index contributed by atoms with van der Waals surface area (Å²) in [4.78, 5) is 19.1. The van der Waals surface area contributed by atoms with Gasteiger partial charge in [-0.15, -0.1) is 0 Å². The molecule has 0 radical (unpaired) electrons. The summed E-state index contributed by atoms with van der Waals surface area (Å²) in [5, 5.41) is 6.72. The third-order valence-corrected chi connectivity index (χ3v) is 5.03. The normalized spacial score (nSPS) is 16.6. The lowest BCUT2D eigenvalue weighted by atomic mass is 9.84. The van der Waals surface area contributed by atoms with E-state index in [2.05, 4.69) is 36.6 Å². The van der Waals surface area contributed by atoms with Gasteiger partial charge in [-0.2, -0.15) is 0 Å². The van der Waals surface area contributed by atoms with Crippen LogP contribution in [0.25, 0.3) is 0 Å². The molecule has 0 bridgehead atoms. The lowest BCUT2D eigenvalue weighted by Crippen LogP contribution is -2.49. The van der Waals surface area contributed by atoms with Crippen molar-refractivity contribution in [3.63, 3.8) is 0 Å². The summed E-state index contributed by atoms with van der Waals surface area (Å²) >= 11 is 0. The Morgan fingerprint density at radius 2 is 1.88 bits per heavy atom. The molecule has 1 aliphatic carbocycles. The van der Waals surface area contributed by atoms with Crippen molar-refractivity contribution in [3.8, 4) is 0 Å². The van der Waals surface area contributed by atoms with Gasteiger partial charge in [0.25, 0.3) is 0 Å². The number of hydrogen-bond acceptors (Lipinski definition) is 2. The predicted molar refractivity (Wildman–Crippen MR) is 104 cm³/mol. The highest BCUT2D eigenvalue weighted by Crippen LogP contribution is 2.38. The lowest BCUT2D eigenvalue weighted by Gasteiger charge is -2.31. The zero-order valence-corrected chi connectivity index (χ0v) is 16.1. The van der Waals surface area contributed by atoms with E-state index in [1.165, 1.54) is 11.1 Å². The minimum absolute atomic E-state index is 0.229. The maximum absolute atomic E-state index is 12.7. The maximum Gasteiger partial charge on any atom is 0.230 e. The second-order valence-electron chi connectivity index (χ2n) is 7.16. The molecule has 1 aliphatic rings. The molecular formula is C20H32N4O. The summed E-state index contributed by atoms with van der Waals surface area (Å²) in [5.74, 6) is 1.01. The van der Waals surface area contributed by atoms with Crippen LogP contribution in [0.3, 0.4) is 0 Å². The van der Waals surface area contributed by atoms with E-state index in [0.717, 1.165) is 38.2 Å². The van der Waals surface area contributed by atoms with Gasteiger partial charge in [0.15, 0.2) is 5.96 Å². The number of guanidine groups is 1. The summed E-state index contributed by atoms with van der Waals surface area (Å²) in [6, 6.07) is 8.30. The number of carbonyl (C=O) groups is 1. The van der Waals surface area contributed by atoms with Crippen molar-refractivity contribution >= 4 is 11.9 Å². The van der Waals surface area contributed by atoms with Crippen LogP contribution in [0.1, 0.15) is 43.7 Å². The number of nitrogens with one attached hydrogen (secondary N) is 2. The van der Waals surface area contributed by atoms with Gasteiger partial charge in [-0.1, -0.05) is 37.1 Å². The Morgan fingerprint density at radius 3 is 2.48 bits per heavy atom. The van der Waals surface area contributed by atoms with E-state index in [0.29, 0.717) is 13.1 Å². The predicted octanol–water partition coefficient (Wildman–Crippen LogP) is 2.70. The van der Waals surface area contributed by atoms with Crippen LogP contribution in [0.4, 0.5) is 0 Å². The molecule has 1 aromatic carbocycles. The topological polar surface area (TPSA) is 56.7 Å². The van der Waals surface area contributed by atoms with E-state index in [9.17, 15) is 4.79 Å². The molecule has 2 N–H and O–H groups in total. The standard InChI is InChI=1S/C20H32N4O/c1-5-21-19(22-14-17-11-7-6-10-16(17)2)23-15-20(12-8-9-13-20)18(25)24(3)4/h6-7,10-11H,5,8-9,12-15H2,1-4H3,(H2,21,22,23). The van der Waals surface area contributed by atoms with E-state index in [4.69, 9.17) is 4.99 Å². The second kappa shape index (κ2) is 8.88. The van der Waals surface area contributed by atoms with Gasteiger partial charge in [0.1, 0.15) is 0 Å². The monoisotopic (exact) mass is 344 g/mol. The van der Waals surface area contributed by atoms with Crippen LogP contribution in [0.5, 0.6) is 0 Å². The van der Waals surface area contributed by atoms with E-state index in [-0.39, 0.29) is 11.3 Å². The number of aryl methyl sites for hydroxylation is 1. The number of aliphatic imine (C=N–C) groups is 1. The minimum Gasteiger partial charge on any atom is -0.357 e. The van der Waals surface area contributed by atoms with Crippen molar-refractivity contribution in [3.05, 3.63) is 35.4 Å². The molecular weight excluding hydrogens is 312 g/mol. The molecule has 1 aromatic rings. The fourth-order valence-corrected chi connectivity index (χ4v) is 3.54. The Bertz CT molecular complexity index is 603. The first-order chi connectivity index (χ1) is 12.0. The Kier molecular flexibility index (Phi) is 6.85. The molecule has 1 amide bonds. The molecule has 0 saturated heterocycles. The highest BCUT2D eigenvalue weighted by Gasteiger charge is 2.42. The molecule has 1 saturated carbocycles. The molecule has 0 aliphatic heterocycles. The highest BCUT2D eigenvalue weighted by molar-refractivity contribution is 5.85. The van der Waals surface area contributed by atoms with E-state index < -0.39 is 0 Å². The fraction of sp³-hybridized carbons (Fsp3) is 0.600. The number of nitrogens with zero attached hydrogens (tertiary/aromatic N) is 2. The maximum atomic E-state index is 12.7. The van der Waals surface area contributed by atoms with Crippen molar-refractivity contribution in [1.82, 2.24) is 15.5 Å². The molecule has 1 fully saturated rings. The largest absolute Gasteiger partial charge is 0.357 e. The van der Waals surface area contributed by atoms with Crippen molar-refractivity contribution in [1.29, 1.82) is 0 Å². The van der Waals surface area contributed by atoms with Gasteiger partial charge in [0, 0.05) is 27.2 Å². The summed E-state index contributed by atoms with van der Waals surface area (Å²) in [5.41, 5.74) is 2.18. The number of benzene rings is 1. The summed E-state index contributed by atoms with van der Waals surface area (Å²) in [6.07, 6.45) is 4.15. The lowest BCUT2D eigenvalue weighted by molar-refractivity contribution is -0.138. The molecule has 0 heterocycles. The fourth-order valence-electron chi connectivity index (χ4n) is 3.54. The molecule has 0 atom stereocenters. The van der Waals surface area contributed by atoms with Crippen molar-refractivity contribution in [2.75, 3.05) is 27.2 Å². The van der Waals surface area contributed by atoms with Crippen molar-refractivity contribution < 1.29 is 4.79 Å². The van der Waals surface area contributed by atoms with E-state index >= 15 is 0 Å². The Labute approximate surface area is 151 Å². The van der Waals surface area contributed by atoms with E-state index in [1.807, 2.05) is 26.2 Å². The average molecular weight is 345 g/mol. The van der Waals surface area contributed by atoms with Gasteiger partial charge < -0.3 is 15.5 Å². The molecule has 138 valence electrons. The third kappa shape index (κ3) is 4.97. The van der Waals surface area contributed by atoms with Crippen LogP contribution in [0.2, 0.25) is 0 Å². The number of hydrogen-bond donors (Lipinski definition) is 2.